The minimum Gasteiger partial charge on any atom is -0.455 e. The Hall–Kier alpha value is -2.89. The van der Waals surface area contributed by atoms with Crippen LogP contribution in [0.5, 0.6) is 6.01 Å². The second-order valence-electron chi connectivity index (χ2n) is 4.41. The minimum atomic E-state index is -0.411. The number of nitrogens with zero attached hydrogens (tertiary/aromatic N) is 1. The SMILES string of the molecule is O=C(COc1nc2ccccc2[nH]1)Nc1cccc(F)c1. The first kappa shape index (κ1) is 13.1. The van der Waals surface area contributed by atoms with E-state index in [0.29, 0.717) is 5.69 Å². The van der Waals surface area contributed by atoms with Crippen molar-refractivity contribution in [2.45, 2.75) is 0 Å². The van der Waals surface area contributed by atoms with Crippen LogP contribution in [0.1, 0.15) is 0 Å². The predicted octanol–water partition coefficient (Wildman–Crippen LogP) is 2.72. The summed E-state index contributed by atoms with van der Waals surface area (Å²) in [5.74, 6) is -0.799. The quantitative estimate of drug-likeness (QED) is 0.774. The van der Waals surface area contributed by atoms with Crippen molar-refractivity contribution in [3.8, 4) is 6.01 Å². The Morgan fingerprint density at radius 3 is 2.90 bits per heavy atom. The standard InChI is InChI=1S/C15H12FN3O2/c16-10-4-3-5-11(8-10)17-14(20)9-21-15-18-12-6-1-2-7-13(12)19-15/h1-8H,9H2,(H,17,20)(H,18,19). The molecule has 2 N–H and O–H groups in total. The molecule has 0 aliphatic rings. The number of nitrogens with one attached hydrogen (secondary N) is 2. The lowest BCUT2D eigenvalue weighted by atomic mass is 10.3. The van der Waals surface area contributed by atoms with Gasteiger partial charge in [-0.15, -0.1) is 0 Å². The van der Waals surface area contributed by atoms with Crippen LogP contribution < -0.4 is 10.1 Å². The third-order valence-corrected chi connectivity index (χ3v) is 2.82. The summed E-state index contributed by atoms with van der Waals surface area (Å²) in [5.41, 5.74) is 1.98. The summed E-state index contributed by atoms with van der Waals surface area (Å²) in [5, 5.41) is 2.54. The summed E-state index contributed by atoms with van der Waals surface area (Å²) < 4.78 is 18.3. The summed E-state index contributed by atoms with van der Waals surface area (Å²) in [6, 6.07) is 13.4. The number of amides is 1. The van der Waals surface area contributed by atoms with Gasteiger partial charge in [0.15, 0.2) is 6.61 Å². The molecule has 1 aromatic heterocycles. The van der Waals surface area contributed by atoms with Gasteiger partial charge in [-0.3, -0.25) is 4.79 Å². The molecular weight excluding hydrogens is 273 g/mol. The van der Waals surface area contributed by atoms with E-state index in [2.05, 4.69) is 15.3 Å². The molecule has 0 saturated heterocycles. The van der Waals surface area contributed by atoms with E-state index in [-0.39, 0.29) is 18.5 Å². The number of carbonyl (C=O) groups excluding carboxylic acids is 1. The van der Waals surface area contributed by atoms with Gasteiger partial charge in [0, 0.05) is 5.69 Å². The predicted molar refractivity (Wildman–Crippen MR) is 76.6 cm³/mol. The second kappa shape index (κ2) is 5.62. The monoisotopic (exact) mass is 285 g/mol. The van der Waals surface area contributed by atoms with Gasteiger partial charge in [0.25, 0.3) is 11.9 Å². The zero-order chi connectivity index (χ0) is 14.7. The molecule has 0 aliphatic carbocycles. The Morgan fingerprint density at radius 2 is 2.10 bits per heavy atom. The number of rotatable bonds is 4. The highest BCUT2D eigenvalue weighted by Crippen LogP contribution is 2.15. The average Bonchev–Trinajstić information content (AvgIpc) is 2.88. The van der Waals surface area contributed by atoms with E-state index >= 15 is 0 Å². The van der Waals surface area contributed by atoms with Gasteiger partial charge in [0.1, 0.15) is 5.82 Å². The number of ether oxygens (including phenoxy) is 1. The molecule has 0 radical (unpaired) electrons. The molecule has 3 aromatic rings. The number of aromatic nitrogens is 2. The molecular formula is C15H12FN3O2. The van der Waals surface area contributed by atoms with Gasteiger partial charge in [-0.2, -0.15) is 4.98 Å². The topological polar surface area (TPSA) is 67.0 Å². The minimum absolute atomic E-state index is 0.212. The number of halogens is 1. The van der Waals surface area contributed by atoms with E-state index < -0.39 is 5.82 Å². The van der Waals surface area contributed by atoms with Crippen molar-refractivity contribution in [3.63, 3.8) is 0 Å². The van der Waals surface area contributed by atoms with Crippen molar-refractivity contribution in [1.82, 2.24) is 9.97 Å². The Morgan fingerprint density at radius 1 is 1.24 bits per heavy atom. The largest absolute Gasteiger partial charge is 0.455 e. The molecule has 0 atom stereocenters. The smallest absolute Gasteiger partial charge is 0.295 e. The molecule has 0 fully saturated rings. The van der Waals surface area contributed by atoms with E-state index in [1.54, 1.807) is 6.07 Å². The maximum Gasteiger partial charge on any atom is 0.295 e. The number of hydrogen-bond donors (Lipinski definition) is 2. The van der Waals surface area contributed by atoms with Crippen LogP contribution in [0.15, 0.2) is 48.5 Å². The lowest BCUT2D eigenvalue weighted by molar-refractivity contribution is -0.118. The van der Waals surface area contributed by atoms with Crippen LogP contribution >= 0.6 is 0 Å². The van der Waals surface area contributed by atoms with E-state index in [9.17, 15) is 9.18 Å². The molecule has 106 valence electrons. The van der Waals surface area contributed by atoms with Gasteiger partial charge >= 0.3 is 0 Å². The molecule has 6 heteroatoms. The summed E-state index contributed by atoms with van der Waals surface area (Å²) >= 11 is 0. The van der Waals surface area contributed by atoms with Crippen LogP contribution in [-0.2, 0) is 4.79 Å². The number of carbonyl (C=O) groups is 1. The Balaban J connectivity index is 1.60. The highest BCUT2D eigenvalue weighted by Gasteiger charge is 2.07. The number of fused-ring (bicyclic) bond motifs is 1. The van der Waals surface area contributed by atoms with Crippen LogP contribution in [0.4, 0.5) is 10.1 Å². The Bertz CT molecular complexity index is 752. The molecule has 2 aromatic carbocycles. The number of H-pyrrole nitrogens is 1. The molecule has 0 unspecified atom stereocenters. The third kappa shape index (κ3) is 3.17. The van der Waals surface area contributed by atoms with Crippen molar-refractivity contribution in [2.24, 2.45) is 0 Å². The lowest BCUT2D eigenvalue weighted by Crippen LogP contribution is -2.20. The molecule has 1 amide bonds. The van der Waals surface area contributed by atoms with E-state index in [0.717, 1.165) is 11.0 Å². The van der Waals surface area contributed by atoms with Gasteiger partial charge < -0.3 is 15.0 Å². The Labute approximate surface area is 119 Å². The summed E-state index contributed by atoms with van der Waals surface area (Å²) in [4.78, 5) is 18.9. The number of para-hydroxylation sites is 2. The summed E-state index contributed by atoms with van der Waals surface area (Å²) in [7, 11) is 0. The molecule has 3 rings (SSSR count). The Kier molecular flexibility index (Phi) is 3.51. The fraction of sp³-hybridized carbons (Fsp3) is 0.0667. The first-order valence-electron chi connectivity index (χ1n) is 6.34. The molecule has 0 bridgehead atoms. The molecule has 0 spiro atoms. The first-order valence-corrected chi connectivity index (χ1v) is 6.34. The highest BCUT2D eigenvalue weighted by atomic mass is 19.1. The van der Waals surface area contributed by atoms with Gasteiger partial charge in [0.2, 0.25) is 0 Å². The fourth-order valence-corrected chi connectivity index (χ4v) is 1.89. The number of benzene rings is 2. The van der Waals surface area contributed by atoms with E-state index in [1.165, 1.54) is 18.2 Å². The molecule has 1 heterocycles. The van der Waals surface area contributed by atoms with Crippen molar-refractivity contribution in [2.75, 3.05) is 11.9 Å². The fourth-order valence-electron chi connectivity index (χ4n) is 1.89. The van der Waals surface area contributed by atoms with E-state index in [1.807, 2.05) is 24.3 Å². The molecule has 0 saturated carbocycles. The van der Waals surface area contributed by atoms with Crippen LogP contribution in [0.2, 0.25) is 0 Å². The maximum atomic E-state index is 13.0. The normalized spacial score (nSPS) is 10.5. The van der Waals surface area contributed by atoms with Crippen molar-refractivity contribution in [3.05, 3.63) is 54.3 Å². The molecule has 5 nitrogen and oxygen atoms in total. The van der Waals surface area contributed by atoms with Gasteiger partial charge in [-0.25, -0.2) is 4.39 Å². The van der Waals surface area contributed by atoms with E-state index in [4.69, 9.17) is 4.74 Å². The van der Waals surface area contributed by atoms with Gasteiger partial charge in [-0.05, 0) is 30.3 Å². The highest BCUT2D eigenvalue weighted by molar-refractivity contribution is 5.91. The zero-order valence-electron chi connectivity index (χ0n) is 11.0. The van der Waals surface area contributed by atoms with Crippen molar-refractivity contribution >= 4 is 22.6 Å². The van der Waals surface area contributed by atoms with Gasteiger partial charge in [-0.1, -0.05) is 18.2 Å². The van der Waals surface area contributed by atoms with Crippen LogP contribution in [0, 0.1) is 5.82 Å². The lowest BCUT2D eigenvalue weighted by Gasteiger charge is -2.05. The number of aromatic amines is 1. The first-order chi connectivity index (χ1) is 10.2. The second-order valence-corrected chi connectivity index (χ2v) is 4.41. The average molecular weight is 285 g/mol. The third-order valence-electron chi connectivity index (χ3n) is 2.82. The number of anilines is 1. The van der Waals surface area contributed by atoms with Crippen LogP contribution in [-0.4, -0.2) is 22.5 Å². The summed E-state index contributed by atoms with van der Waals surface area (Å²) in [6.45, 7) is -0.212. The summed E-state index contributed by atoms with van der Waals surface area (Å²) in [6.07, 6.45) is 0. The maximum absolute atomic E-state index is 13.0. The van der Waals surface area contributed by atoms with Crippen LogP contribution in [0.25, 0.3) is 11.0 Å². The van der Waals surface area contributed by atoms with Gasteiger partial charge in [0.05, 0.1) is 11.0 Å². The van der Waals surface area contributed by atoms with Crippen molar-refractivity contribution in [1.29, 1.82) is 0 Å². The zero-order valence-corrected chi connectivity index (χ0v) is 11.0. The molecule has 0 aliphatic heterocycles. The molecule has 21 heavy (non-hydrogen) atoms. The van der Waals surface area contributed by atoms with Crippen molar-refractivity contribution < 1.29 is 13.9 Å². The number of hydrogen-bond acceptors (Lipinski definition) is 3. The van der Waals surface area contributed by atoms with Crippen LogP contribution in [0.3, 0.4) is 0 Å². The number of imidazole rings is 1.